The summed E-state index contributed by atoms with van der Waals surface area (Å²) in [5.74, 6) is -1.58. The summed E-state index contributed by atoms with van der Waals surface area (Å²) in [6.07, 6.45) is 2.79. The zero-order valence-corrected chi connectivity index (χ0v) is 10.9. The van der Waals surface area contributed by atoms with Gasteiger partial charge in [0.15, 0.2) is 0 Å². The Morgan fingerprint density at radius 2 is 1.94 bits per heavy atom. The van der Waals surface area contributed by atoms with Crippen molar-refractivity contribution < 1.29 is 14.7 Å². The fourth-order valence-corrected chi connectivity index (χ4v) is 1.38. The van der Waals surface area contributed by atoms with Crippen molar-refractivity contribution in [3.8, 4) is 0 Å². The molecule has 96 valence electrons. The lowest BCUT2D eigenvalue weighted by molar-refractivity contribution is -0.145. The van der Waals surface area contributed by atoms with Crippen molar-refractivity contribution in [2.75, 3.05) is 0 Å². The summed E-state index contributed by atoms with van der Waals surface area (Å²) < 4.78 is 0. The van der Waals surface area contributed by atoms with E-state index in [4.69, 9.17) is 16.7 Å². The highest BCUT2D eigenvalue weighted by molar-refractivity contribution is 6.32. The quantitative estimate of drug-likeness (QED) is 0.823. The number of carbonyl (C=O) groups is 2. The highest BCUT2D eigenvalue weighted by Gasteiger charge is 2.27. The van der Waals surface area contributed by atoms with Crippen LogP contribution < -0.4 is 5.32 Å². The number of halogens is 1. The Bertz CT molecular complexity index is 495. The number of nitrogens with one attached hydrogen (secondary N) is 1. The SMILES string of the molecule is CC(C)(NC(=O)/C=C/c1ccccc1Cl)C(=O)O. The molecule has 0 heterocycles. The molecule has 1 aromatic rings. The van der Waals surface area contributed by atoms with Crippen LogP contribution in [0, 0.1) is 0 Å². The number of carbonyl (C=O) groups excluding carboxylic acids is 1. The summed E-state index contributed by atoms with van der Waals surface area (Å²) >= 11 is 5.91. The molecule has 4 nitrogen and oxygen atoms in total. The van der Waals surface area contributed by atoms with Crippen molar-refractivity contribution in [1.82, 2.24) is 5.32 Å². The van der Waals surface area contributed by atoms with E-state index in [1.165, 1.54) is 26.0 Å². The van der Waals surface area contributed by atoms with Crippen LogP contribution in [0.15, 0.2) is 30.3 Å². The van der Waals surface area contributed by atoms with Crippen molar-refractivity contribution in [1.29, 1.82) is 0 Å². The Morgan fingerprint density at radius 3 is 2.50 bits per heavy atom. The first-order chi connectivity index (χ1) is 8.33. The molecular weight excluding hydrogens is 254 g/mol. The Labute approximate surface area is 110 Å². The van der Waals surface area contributed by atoms with E-state index >= 15 is 0 Å². The lowest BCUT2D eigenvalue weighted by Gasteiger charge is -2.19. The third-order valence-corrected chi connectivity index (χ3v) is 2.63. The molecule has 1 rings (SSSR count). The first-order valence-corrected chi connectivity index (χ1v) is 5.69. The zero-order chi connectivity index (χ0) is 13.8. The minimum atomic E-state index is -1.30. The van der Waals surface area contributed by atoms with Crippen molar-refractivity contribution in [2.24, 2.45) is 0 Å². The van der Waals surface area contributed by atoms with E-state index in [2.05, 4.69) is 5.32 Å². The number of carboxylic acids is 1. The van der Waals surface area contributed by atoms with E-state index in [0.717, 1.165) is 0 Å². The number of amides is 1. The molecule has 0 atom stereocenters. The van der Waals surface area contributed by atoms with Crippen molar-refractivity contribution in [3.63, 3.8) is 0 Å². The minimum Gasteiger partial charge on any atom is -0.480 e. The van der Waals surface area contributed by atoms with Crippen LogP contribution in [-0.2, 0) is 9.59 Å². The van der Waals surface area contributed by atoms with Crippen LogP contribution in [0.4, 0.5) is 0 Å². The summed E-state index contributed by atoms with van der Waals surface area (Å²) in [5, 5.41) is 11.8. The number of aliphatic carboxylic acids is 1. The largest absolute Gasteiger partial charge is 0.480 e. The van der Waals surface area contributed by atoms with Gasteiger partial charge in [0.1, 0.15) is 5.54 Å². The smallest absolute Gasteiger partial charge is 0.328 e. The lowest BCUT2D eigenvalue weighted by Crippen LogP contribution is -2.49. The van der Waals surface area contributed by atoms with E-state index in [0.29, 0.717) is 10.6 Å². The number of carboxylic acid groups (broad SMARTS) is 1. The van der Waals surface area contributed by atoms with Gasteiger partial charge in [0.2, 0.25) is 5.91 Å². The Morgan fingerprint density at radius 1 is 1.33 bits per heavy atom. The van der Waals surface area contributed by atoms with Gasteiger partial charge in [0, 0.05) is 11.1 Å². The molecule has 0 radical (unpaired) electrons. The van der Waals surface area contributed by atoms with E-state index in [-0.39, 0.29) is 0 Å². The molecule has 1 aromatic carbocycles. The van der Waals surface area contributed by atoms with Crippen molar-refractivity contribution in [2.45, 2.75) is 19.4 Å². The fraction of sp³-hybridized carbons (Fsp3) is 0.231. The maximum absolute atomic E-state index is 11.5. The first-order valence-electron chi connectivity index (χ1n) is 5.31. The summed E-state index contributed by atoms with van der Waals surface area (Å²) in [5.41, 5.74) is -0.607. The van der Waals surface area contributed by atoms with E-state index in [1.54, 1.807) is 24.3 Å². The summed E-state index contributed by atoms with van der Waals surface area (Å²) in [4.78, 5) is 22.4. The number of rotatable bonds is 4. The Hall–Kier alpha value is -1.81. The van der Waals surface area contributed by atoms with Crippen LogP contribution >= 0.6 is 11.6 Å². The normalized spacial score (nSPS) is 11.5. The standard InChI is InChI=1S/C13H14ClNO3/c1-13(2,12(17)18)15-11(16)8-7-9-5-3-4-6-10(9)14/h3-8H,1-2H3,(H,15,16)(H,17,18)/b8-7+. The van der Waals surface area contributed by atoms with Gasteiger partial charge >= 0.3 is 5.97 Å². The van der Waals surface area contributed by atoms with Gasteiger partial charge < -0.3 is 10.4 Å². The van der Waals surface area contributed by atoms with Gasteiger partial charge in [-0.25, -0.2) is 4.79 Å². The molecule has 1 amide bonds. The maximum Gasteiger partial charge on any atom is 0.328 e. The second-order valence-corrected chi connectivity index (χ2v) is 4.68. The van der Waals surface area contributed by atoms with Gasteiger partial charge in [-0.3, -0.25) is 4.79 Å². The zero-order valence-electron chi connectivity index (χ0n) is 10.1. The van der Waals surface area contributed by atoms with Crippen LogP contribution in [-0.4, -0.2) is 22.5 Å². The molecule has 0 aliphatic carbocycles. The molecule has 5 heteroatoms. The van der Waals surface area contributed by atoms with Gasteiger partial charge in [-0.2, -0.15) is 0 Å². The second-order valence-electron chi connectivity index (χ2n) is 4.27. The molecular formula is C13H14ClNO3. The predicted octanol–water partition coefficient (Wildman–Crippen LogP) is 2.33. The molecule has 0 bridgehead atoms. The summed E-state index contributed by atoms with van der Waals surface area (Å²) in [7, 11) is 0. The average Bonchev–Trinajstić information content (AvgIpc) is 2.27. The van der Waals surface area contributed by atoms with Crippen LogP contribution in [0.5, 0.6) is 0 Å². The lowest BCUT2D eigenvalue weighted by atomic mass is 10.1. The molecule has 0 aliphatic rings. The van der Waals surface area contributed by atoms with Crippen LogP contribution in [0.25, 0.3) is 6.08 Å². The highest BCUT2D eigenvalue weighted by atomic mass is 35.5. The molecule has 0 aromatic heterocycles. The maximum atomic E-state index is 11.5. The number of benzene rings is 1. The fourth-order valence-electron chi connectivity index (χ4n) is 1.18. The summed E-state index contributed by atoms with van der Waals surface area (Å²) in [6, 6.07) is 7.05. The van der Waals surface area contributed by atoms with Crippen LogP contribution in [0.3, 0.4) is 0 Å². The Kier molecular flexibility index (Phi) is 4.50. The minimum absolute atomic E-state index is 0.484. The van der Waals surface area contributed by atoms with Crippen LogP contribution in [0.1, 0.15) is 19.4 Å². The van der Waals surface area contributed by atoms with E-state index in [1.807, 2.05) is 0 Å². The molecule has 0 saturated carbocycles. The Balaban J connectivity index is 2.72. The first kappa shape index (κ1) is 14.3. The van der Waals surface area contributed by atoms with Gasteiger partial charge in [-0.1, -0.05) is 29.8 Å². The molecule has 0 saturated heterocycles. The predicted molar refractivity (Wildman–Crippen MR) is 70.3 cm³/mol. The third-order valence-electron chi connectivity index (χ3n) is 2.29. The average molecular weight is 268 g/mol. The summed E-state index contributed by atoms with van der Waals surface area (Å²) in [6.45, 7) is 2.83. The molecule has 0 unspecified atom stereocenters. The number of hydrogen-bond acceptors (Lipinski definition) is 2. The van der Waals surface area contributed by atoms with E-state index in [9.17, 15) is 9.59 Å². The molecule has 0 aliphatic heterocycles. The molecule has 18 heavy (non-hydrogen) atoms. The van der Waals surface area contributed by atoms with Gasteiger partial charge in [-0.05, 0) is 31.6 Å². The second kappa shape index (κ2) is 5.69. The number of hydrogen-bond donors (Lipinski definition) is 2. The van der Waals surface area contributed by atoms with Gasteiger partial charge in [0.05, 0.1) is 0 Å². The topological polar surface area (TPSA) is 66.4 Å². The molecule has 0 spiro atoms. The molecule has 2 N–H and O–H groups in total. The monoisotopic (exact) mass is 267 g/mol. The van der Waals surface area contributed by atoms with Gasteiger partial charge in [0.25, 0.3) is 0 Å². The van der Waals surface area contributed by atoms with Crippen molar-refractivity contribution in [3.05, 3.63) is 40.9 Å². The van der Waals surface area contributed by atoms with Crippen molar-refractivity contribution >= 4 is 29.6 Å². The highest BCUT2D eigenvalue weighted by Crippen LogP contribution is 2.16. The van der Waals surface area contributed by atoms with Crippen LogP contribution in [0.2, 0.25) is 5.02 Å². The molecule has 0 fully saturated rings. The van der Waals surface area contributed by atoms with Gasteiger partial charge in [-0.15, -0.1) is 0 Å². The third kappa shape index (κ3) is 3.89. The van der Waals surface area contributed by atoms with E-state index < -0.39 is 17.4 Å².